The Morgan fingerprint density at radius 1 is 1.03 bits per heavy atom. The number of benzene rings is 2. The monoisotopic (exact) mass is 423 g/mol. The summed E-state index contributed by atoms with van der Waals surface area (Å²) in [6.45, 7) is 5.68. The molecule has 0 spiro atoms. The van der Waals surface area contributed by atoms with E-state index in [0.29, 0.717) is 18.0 Å². The van der Waals surface area contributed by atoms with E-state index in [1.165, 1.54) is 4.90 Å². The van der Waals surface area contributed by atoms with Crippen LogP contribution >= 0.6 is 0 Å². The van der Waals surface area contributed by atoms with Crippen molar-refractivity contribution in [2.24, 2.45) is 0 Å². The molecule has 2 heterocycles. The van der Waals surface area contributed by atoms with Gasteiger partial charge >= 0.3 is 6.03 Å². The normalized spacial score (nSPS) is 21.6. The lowest BCUT2D eigenvalue weighted by molar-refractivity contribution is -0.133. The highest BCUT2D eigenvalue weighted by Gasteiger charge is 2.44. The van der Waals surface area contributed by atoms with Gasteiger partial charge in [-0.25, -0.2) is 4.79 Å². The van der Waals surface area contributed by atoms with Crippen molar-refractivity contribution in [3.63, 3.8) is 0 Å². The van der Waals surface area contributed by atoms with Crippen molar-refractivity contribution in [3.8, 4) is 11.5 Å². The molecule has 2 aliphatic heterocycles. The van der Waals surface area contributed by atoms with Crippen LogP contribution in [0.4, 0.5) is 4.79 Å². The van der Waals surface area contributed by atoms with E-state index in [-0.39, 0.29) is 18.4 Å². The van der Waals surface area contributed by atoms with E-state index in [0.717, 1.165) is 11.1 Å². The first-order valence-corrected chi connectivity index (χ1v) is 10.2. The van der Waals surface area contributed by atoms with Gasteiger partial charge in [-0.3, -0.25) is 14.5 Å². The third-order valence-electron chi connectivity index (χ3n) is 5.38. The molecule has 0 saturated carbocycles. The number of carbonyl (C=O) groups excluding carboxylic acids is 3. The molecule has 2 aromatic rings. The van der Waals surface area contributed by atoms with Gasteiger partial charge in [-0.15, -0.1) is 0 Å². The second-order valence-corrected chi connectivity index (χ2v) is 8.29. The molecule has 1 saturated heterocycles. The number of nitrogens with zero attached hydrogens (tertiary/aromatic N) is 1. The molecule has 8 heteroatoms. The second kappa shape index (κ2) is 7.94. The van der Waals surface area contributed by atoms with Crippen molar-refractivity contribution in [3.05, 3.63) is 59.7 Å². The molecule has 2 atom stereocenters. The average molecular weight is 423 g/mol. The summed E-state index contributed by atoms with van der Waals surface area (Å²) >= 11 is 0. The molecule has 2 aromatic carbocycles. The number of carbonyl (C=O) groups is 3. The van der Waals surface area contributed by atoms with E-state index in [1.54, 1.807) is 26.8 Å². The molecule has 162 valence electrons. The van der Waals surface area contributed by atoms with Crippen LogP contribution in [0.2, 0.25) is 0 Å². The van der Waals surface area contributed by atoms with Gasteiger partial charge in [0.05, 0.1) is 6.54 Å². The van der Waals surface area contributed by atoms with E-state index in [1.807, 2.05) is 42.5 Å². The number of para-hydroxylation sites is 2. The molecular formula is C23H25N3O5. The van der Waals surface area contributed by atoms with E-state index >= 15 is 0 Å². The number of fused-ring (bicyclic) bond motifs is 1. The van der Waals surface area contributed by atoms with Gasteiger partial charge in [0.15, 0.2) is 11.5 Å². The summed E-state index contributed by atoms with van der Waals surface area (Å²) in [4.78, 5) is 38.2. The summed E-state index contributed by atoms with van der Waals surface area (Å²) in [7, 11) is 0. The molecule has 4 amide bonds. The number of amides is 4. The minimum Gasteiger partial charge on any atom is -0.482 e. The van der Waals surface area contributed by atoms with Crippen LogP contribution in [0.3, 0.4) is 0 Å². The van der Waals surface area contributed by atoms with Crippen molar-refractivity contribution in [1.29, 1.82) is 0 Å². The van der Waals surface area contributed by atoms with Gasteiger partial charge in [0.2, 0.25) is 6.10 Å². The van der Waals surface area contributed by atoms with Gasteiger partial charge < -0.3 is 20.1 Å². The first-order chi connectivity index (χ1) is 14.7. The minimum atomic E-state index is -0.885. The summed E-state index contributed by atoms with van der Waals surface area (Å²) in [5.41, 5.74) is 0.828. The van der Waals surface area contributed by atoms with Crippen LogP contribution in [-0.2, 0) is 22.7 Å². The predicted octanol–water partition coefficient (Wildman–Crippen LogP) is 2.36. The zero-order valence-electron chi connectivity index (χ0n) is 17.7. The Balaban J connectivity index is 1.33. The summed E-state index contributed by atoms with van der Waals surface area (Å²) in [6.07, 6.45) is -1.15. The maximum atomic E-state index is 12.6. The van der Waals surface area contributed by atoms with Crippen LogP contribution in [0.1, 0.15) is 31.9 Å². The highest BCUT2D eigenvalue weighted by Crippen LogP contribution is 2.33. The lowest BCUT2D eigenvalue weighted by Crippen LogP contribution is -2.48. The van der Waals surface area contributed by atoms with Crippen molar-refractivity contribution in [2.75, 3.05) is 0 Å². The van der Waals surface area contributed by atoms with Crippen LogP contribution in [0.25, 0.3) is 0 Å². The highest BCUT2D eigenvalue weighted by atomic mass is 16.6. The topological polar surface area (TPSA) is 97.0 Å². The van der Waals surface area contributed by atoms with Crippen LogP contribution < -0.4 is 20.1 Å². The molecule has 0 radical (unpaired) electrons. The molecule has 31 heavy (non-hydrogen) atoms. The largest absolute Gasteiger partial charge is 0.482 e. The van der Waals surface area contributed by atoms with Gasteiger partial charge in [-0.1, -0.05) is 36.4 Å². The number of ether oxygens (including phenoxy) is 2. The quantitative estimate of drug-likeness (QED) is 0.720. The molecule has 0 aliphatic carbocycles. The van der Waals surface area contributed by atoms with Gasteiger partial charge in [0.25, 0.3) is 11.8 Å². The summed E-state index contributed by atoms with van der Waals surface area (Å²) < 4.78 is 11.6. The minimum absolute atomic E-state index is 0.199. The summed E-state index contributed by atoms with van der Waals surface area (Å²) in [5, 5.41) is 5.54. The Kier molecular flexibility index (Phi) is 5.31. The van der Waals surface area contributed by atoms with Crippen molar-refractivity contribution in [1.82, 2.24) is 15.5 Å². The van der Waals surface area contributed by atoms with Gasteiger partial charge in [0, 0.05) is 6.54 Å². The number of hydrogen-bond acceptors (Lipinski definition) is 5. The average Bonchev–Trinajstić information content (AvgIpc) is 2.94. The summed E-state index contributed by atoms with van der Waals surface area (Å²) in [5.74, 6) is 0.670. The fourth-order valence-corrected chi connectivity index (χ4v) is 3.60. The van der Waals surface area contributed by atoms with E-state index in [9.17, 15) is 14.4 Å². The van der Waals surface area contributed by atoms with E-state index in [4.69, 9.17) is 9.47 Å². The Hall–Kier alpha value is -3.55. The molecule has 4 rings (SSSR count). The third kappa shape index (κ3) is 4.19. The maximum Gasteiger partial charge on any atom is 0.325 e. The maximum absolute atomic E-state index is 12.6. The van der Waals surface area contributed by atoms with Gasteiger partial charge in [0.1, 0.15) is 11.6 Å². The number of urea groups is 1. The van der Waals surface area contributed by atoms with Gasteiger partial charge in [-0.05, 0) is 44.0 Å². The van der Waals surface area contributed by atoms with Crippen LogP contribution in [0.15, 0.2) is 48.5 Å². The first kappa shape index (κ1) is 20.7. The van der Waals surface area contributed by atoms with Crippen molar-refractivity contribution < 1.29 is 23.9 Å². The number of rotatable bonds is 5. The third-order valence-corrected chi connectivity index (χ3v) is 5.38. The Morgan fingerprint density at radius 3 is 2.26 bits per heavy atom. The fourth-order valence-electron chi connectivity index (χ4n) is 3.60. The molecule has 2 N–H and O–H groups in total. The molecule has 2 aliphatic rings. The Morgan fingerprint density at radius 2 is 1.65 bits per heavy atom. The number of hydrogen-bond donors (Lipinski definition) is 2. The number of imide groups is 1. The molecule has 8 nitrogen and oxygen atoms in total. The van der Waals surface area contributed by atoms with Crippen molar-refractivity contribution in [2.45, 2.75) is 51.6 Å². The molecule has 0 unspecified atom stereocenters. The predicted molar refractivity (Wildman–Crippen MR) is 112 cm³/mol. The molecule has 0 aromatic heterocycles. The van der Waals surface area contributed by atoms with Crippen LogP contribution in [-0.4, -0.2) is 40.5 Å². The van der Waals surface area contributed by atoms with Crippen molar-refractivity contribution >= 4 is 17.8 Å². The van der Waals surface area contributed by atoms with Gasteiger partial charge in [-0.2, -0.15) is 0 Å². The van der Waals surface area contributed by atoms with Crippen LogP contribution in [0, 0.1) is 0 Å². The standard InChI is InChI=1S/C23H25N3O5/c1-14-19(31-18-7-5-4-6-17(18)30-14)20(27)24-12-15-8-10-16(11-9-15)13-26-21(28)23(2,3)25-22(26)29/h4-11,14,19H,12-13H2,1-3H3,(H,24,27)(H,25,29)/t14-,19-/m1/s1. The lowest BCUT2D eigenvalue weighted by atomic mass is 10.1. The number of nitrogens with one attached hydrogen (secondary N) is 2. The Bertz CT molecular complexity index is 1020. The zero-order chi connectivity index (χ0) is 22.2. The molecule has 1 fully saturated rings. The molecular weight excluding hydrogens is 398 g/mol. The second-order valence-electron chi connectivity index (χ2n) is 8.29. The van der Waals surface area contributed by atoms with E-state index in [2.05, 4.69) is 10.6 Å². The Labute approximate surface area is 180 Å². The van der Waals surface area contributed by atoms with E-state index < -0.39 is 23.8 Å². The smallest absolute Gasteiger partial charge is 0.325 e. The zero-order valence-corrected chi connectivity index (χ0v) is 17.7. The van der Waals surface area contributed by atoms with Crippen LogP contribution in [0.5, 0.6) is 11.5 Å². The first-order valence-electron chi connectivity index (χ1n) is 10.2. The molecule has 0 bridgehead atoms. The SMILES string of the molecule is C[C@H]1Oc2ccccc2O[C@H]1C(=O)NCc1ccc(CN2C(=O)NC(C)(C)C2=O)cc1. The lowest BCUT2D eigenvalue weighted by Gasteiger charge is -2.31. The fraction of sp³-hybridized carbons (Fsp3) is 0.348. The summed E-state index contributed by atoms with van der Waals surface area (Å²) in [6, 6.07) is 14.3. The highest BCUT2D eigenvalue weighted by molar-refractivity contribution is 6.06.